The van der Waals surface area contributed by atoms with Gasteiger partial charge in [-0.2, -0.15) is 0 Å². The quantitative estimate of drug-likeness (QED) is 0.681. The minimum atomic E-state index is -0.296. The van der Waals surface area contributed by atoms with Crippen LogP contribution in [0.3, 0.4) is 0 Å². The van der Waals surface area contributed by atoms with Gasteiger partial charge in [0.2, 0.25) is 5.91 Å². The molecular weight excluding hydrogens is 232 g/mol. The van der Waals surface area contributed by atoms with E-state index in [1.54, 1.807) is 0 Å². The number of hydrogen-bond donors (Lipinski definition) is 1. The van der Waals surface area contributed by atoms with Gasteiger partial charge in [0, 0.05) is 12.6 Å². The van der Waals surface area contributed by atoms with Crippen LogP contribution in [0.2, 0.25) is 0 Å². The third-order valence-corrected chi connectivity index (χ3v) is 3.49. The molecule has 1 amide bonds. The van der Waals surface area contributed by atoms with Crippen molar-refractivity contribution < 1.29 is 4.79 Å². The monoisotopic (exact) mass is 258 g/mol. The molecule has 0 aromatic rings. The number of hydrogen-bond acceptors (Lipinski definition) is 2. The molecule has 2 atom stereocenters. The van der Waals surface area contributed by atoms with Crippen molar-refractivity contribution in [2.24, 2.45) is 11.7 Å². The fraction of sp³-hybridized carbons (Fsp3) is 0.846. The Kier molecular flexibility index (Phi) is 8.13. The lowest BCUT2D eigenvalue weighted by Crippen LogP contribution is -2.45. The molecule has 2 unspecified atom stereocenters. The second kappa shape index (κ2) is 8.45. The molecule has 17 heavy (non-hydrogen) atoms. The van der Waals surface area contributed by atoms with Gasteiger partial charge >= 0.3 is 0 Å². The van der Waals surface area contributed by atoms with E-state index in [4.69, 9.17) is 18.0 Å². The Morgan fingerprint density at radius 2 is 1.88 bits per heavy atom. The third kappa shape index (κ3) is 5.02. The minimum Gasteiger partial charge on any atom is -0.393 e. The molecule has 100 valence electrons. The molecule has 4 heteroatoms. The van der Waals surface area contributed by atoms with Gasteiger partial charge in [-0.25, -0.2) is 0 Å². The van der Waals surface area contributed by atoms with E-state index in [0.717, 1.165) is 25.8 Å². The molecule has 3 nitrogen and oxygen atoms in total. The predicted molar refractivity (Wildman–Crippen MR) is 76.9 cm³/mol. The van der Waals surface area contributed by atoms with Crippen LogP contribution >= 0.6 is 12.2 Å². The van der Waals surface area contributed by atoms with Gasteiger partial charge in [-0.3, -0.25) is 4.79 Å². The van der Waals surface area contributed by atoms with E-state index in [9.17, 15) is 4.79 Å². The zero-order valence-corrected chi connectivity index (χ0v) is 12.3. The normalized spacial score (nSPS) is 14.1. The van der Waals surface area contributed by atoms with E-state index in [1.165, 1.54) is 0 Å². The molecular formula is C13H26N2OS. The van der Waals surface area contributed by atoms with Gasteiger partial charge in [0.15, 0.2) is 0 Å². The predicted octanol–water partition coefficient (Wildman–Crippen LogP) is 2.73. The first-order valence-electron chi connectivity index (χ1n) is 6.59. The molecule has 0 saturated heterocycles. The highest BCUT2D eigenvalue weighted by Gasteiger charge is 2.27. The van der Waals surface area contributed by atoms with E-state index in [2.05, 4.69) is 20.8 Å². The van der Waals surface area contributed by atoms with Crippen molar-refractivity contribution in [3.8, 4) is 0 Å². The number of nitrogens with two attached hydrogens (primary N) is 1. The van der Waals surface area contributed by atoms with Crippen LogP contribution in [-0.4, -0.2) is 28.4 Å². The first-order chi connectivity index (χ1) is 7.99. The van der Waals surface area contributed by atoms with Gasteiger partial charge in [0.05, 0.1) is 10.9 Å². The zero-order chi connectivity index (χ0) is 13.4. The van der Waals surface area contributed by atoms with Gasteiger partial charge in [0.25, 0.3) is 0 Å². The van der Waals surface area contributed by atoms with Crippen molar-refractivity contribution in [3.63, 3.8) is 0 Å². The van der Waals surface area contributed by atoms with Crippen LogP contribution in [0.1, 0.15) is 53.4 Å². The Balaban J connectivity index is 4.76. The molecule has 0 heterocycles. The largest absolute Gasteiger partial charge is 0.393 e. The van der Waals surface area contributed by atoms with Crippen LogP contribution in [0.15, 0.2) is 0 Å². The summed E-state index contributed by atoms with van der Waals surface area (Å²) in [6.07, 6.45) is 3.77. The maximum atomic E-state index is 12.4. The second-order valence-electron chi connectivity index (χ2n) is 4.51. The van der Waals surface area contributed by atoms with Crippen LogP contribution in [-0.2, 0) is 4.79 Å². The molecule has 0 aliphatic carbocycles. The zero-order valence-electron chi connectivity index (χ0n) is 11.5. The summed E-state index contributed by atoms with van der Waals surface area (Å²) < 4.78 is 0. The van der Waals surface area contributed by atoms with Crippen LogP contribution in [0.25, 0.3) is 0 Å². The fourth-order valence-electron chi connectivity index (χ4n) is 1.79. The van der Waals surface area contributed by atoms with Crippen molar-refractivity contribution >= 4 is 23.1 Å². The van der Waals surface area contributed by atoms with Crippen molar-refractivity contribution in [1.29, 1.82) is 0 Å². The Hall–Kier alpha value is -0.640. The highest BCUT2D eigenvalue weighted by Crippen LogP contribution is 2.14. The molecule has 0 aromatic heterocycles. The number of thiocarbonyl (C=S) groups is 1. The number of amides is 1. The molecule has 0 aliphatic rings. The van der Waals surface area contributed by atoms with Crippen LogP contribution in [0.5, 0.6) is 0 Å². The molecule has 0 aromatic carbocycles. The first kappa shape index (κ1) is 16.4. The fourth-order valence-corrected chi connectivity index (χ4v) is 2.06. The SMILES string of the molecule is CCCCN(C(=O)C(CC)C(N)=S)C(C)CC. The van der Waals surface area contributed by atoms with Crippen molar-refractivity contribution in [2.75, 3.05) is 6.54 Å². The molecule has 0 saturated carbocycles. The summed E-state index contributed by atoms with van der Waals surface area (Å²) in [5.41, 5.74) is 5.64. The molecule has 2 N–H and O–H groups in total. The Morgan fingerprint density at radius 3 is 2.24 bits per heavy atom. The summed E-state index contributed by atoms with van der Waals surface area (Å²) in [6, 6.07) is 0.262. The van der Waals surface area contributed by atoms with Gasteiger partial charge in [-0.15, -0.1) is 0 Å². The standard InChI is InChI=1S/C13H26N2OS/c1-5-8-9-15(10(4)6-2)13(16)11(7-3)12(14)17/h10-11H,5-9H2,1-4H3,(H2,14,17). The van der Waals surface area contributed by atoms with E-state index in [1.807, 2.05) is 11.8 Å². The van der Waals surface area contributed by atoms with Gasteiger partial charge < -0.3 is 10.6 Å². The summed E-state index contributed by atoms with van der Waals surface area (Å²) in [7, 11) is 0. The number of rotatable bonds is 8. The molecule has 0 aliphatic heterocycles. The number of carbonyl (C=O) groups excluding carboxylic acids is 1. The van der Waals surface area contributed by atoms with Crippen LogP contribution in [0, 0.1) is 5.92 Å². The lowest BCUT2D eigenvalue weighted by Gasteiger charge is -2.31. The van der Waals surface area contributed by atoms with E-state index < -0.39 is 0 Å². The number of carbonyl (C=O) groups is 1. The maximum Gasteiger partial charge on any atom is 0.232 e. The van der Waals surface area contributed by atoms with Gasteiger partial charge in [-0.1, -0.05) is 39.4 Å². The van der Waals surface area contributed by atoms with Crippen LogP contribution in [0.4, 0.5) is 0 Å². The lowest BCUT2D eigenvalue weighted by atomic mass is 10.0. The molecule has 0 rings (SSSR count). The highest BCUT2D eigenvalue weighted by molar-refractivity contribution is 7.80. The average Bonchev–Trinajstić information content (AvgIpc) is 2.29. The summed E-state index contributed by atoms with van der Waals surface area (Å²) in [6.45, 7) is 9.07. The first-order valence-corrected chi connectivity index (χ1v) is 7.00. The van der Waals surface area contributed by atoms with Gasteiger partial charge in [-0.05, 0) is 26.2 Å². The Labute approximate surface area is 111 Å². The summed E-state index contributed by atoms with van der Waals surface area (Å²) in [5, 5.41) is 0. The average molecular weight is 258 g/mol. The minimum absolute atomic E-state index is 0.0998. The number of unbranched alkanes of at least 4 members (excludes halogenated alkanes) is 1. The lowest BCUT2D eigenvalue weighted by molar-refractivity contribution is -0.135. The molecule has 0 spiro atoms. The maximum absolute atomic E-state index is 12.4. The smallest absolute Gasteiger partial charge is 0.232 e. The van der Waals surface area contributed by atoms with Crippen molar-refractivity contribution in [2.45, 2.75) is 59.4 Å². The third-order valence-electron chi connectivity index (χ3n) is 3.21. The topological polar surface area (TPSA) is 46.3 Å². The van der Waals surface area contributed by atoms with Crippen molar-refractivity contribution in [3.05, 3.63) is 0 Å². The summed E-state index contributed by atoms with van der Waals surface area (Å²) in [4.78, 5) is 14.6. The van der Waals surface area contributed by atoms with Gasteiger partial charge in [0.1, 0.15) is 0 Å². The van der Waals surface area contributed by atoms with E-state index in [0.29, 0.717) is 11.4 Å². The molecule has 0 bridgehead atoms. The molecule has 0 fully saturated rings. The van der Waals surface area contributed by atoms with E-state index in [-0.39, 0.29) is 17.9 Å². The molecule has 0 radical (unpaired) electrons. The number of nitrogens with zero attached hydrogens (tertiary/aromatic N) is 1. The van der Waals surface area contributed by atoms with E-state index >= 15 is 0 Å². The second-order valence-corrected chi connectivity index (χ2v) is 4.98. The Morgan fingerprint density at radius 1 is 1.29 bits per heavy atom. The highest BCUT2D eigenvalue weighted by atomic mass is 32.1. The Bertz CT molecular complexity index is 256. The summed E-state index contributed by atoms with van der Waals surface area (Å²) >= 11 is 4.98. The summed E-state index contributed by atoms with van der Waals surface area (Å²) in [5.74, 6) is -0.196. The van der Waals surface area contributed by atoms with Crippen LogP contribution < -0.4 is 5.73 Å². The van der Waals surface area contributed by atoms with Crippen molar-refractivity contribution in [1.82, 2.24) is 4.90 Å².